The minimum absolute atomic E-state index is 1.09. The Balaban J connectivity index is 1.02. The molecule has 0 aliphatic heterocycles. The molecule has 0 unspecified atom stereocenters. The molecule has 0 amide bonds. The number of fused-ring (bicyclic) bond motifs is 9. The monoisotopic (exact) mass is 939 g/mol. The van der Waals surface area contributed by atoms with E-state index < -0.39 is 0 Å². The first-order valence-electron chi connectivity index (χ1n) is 23.5. The third kappa shape index (κ3) is 7.00. The standard InChI is InChI=1S/C63H45N3S3/c1-34-25-58-61(64-37(4)67-58)52-22-19-40(31-55(34)52)46-13-7-10-16-49(46)43-28-44(50-17-11-8-14-47(50)41-20-23-53-56(32-41)35(2)26-59-62(53)65-38(5)68-59)30-45(29-43)51-18-12-9-15-48(51)42-21-24-54-57(33-42)36(3)27-60-63(54)66-39(6)69-60/h7-33H,1-6H3. The molecule has 0 fully saturated rings. The van der Waals surface area contributed by atoms with Gasteiger partial charge in [0.25, 0.3) is 0 Å². The summed E-state index contributed by atoms with van der Waals surface area (Å²) in [5.41, 5.74) is 21.3. The molecule has 0 aliphatic carbocycles. The topological polar surface area (TPSA) is 38.7 Å². The molecule has 13 aromatic rings. The van der Waals surface area contributed by atoms with Crippen molar-refractivity contribution in [3.63, 3.8) is 0 Å². The van der Waals surface area contributed by atoms with E-state index in [1.54, 1.807) is 34.0 Å². The largest absolute Gasteiger partial charge is 0.241 e. The van der Waals surface area contributed by atoms with E-state index in [1.807, 2.05) is 0 Å². The Morgan fingerprint density at radius 2 is 0.522 bits per heavy atom. The number of thiazole rings is 3. The van der Waals surface area contributed by atoms with E-state index in [2.05, 4.69) is 205 Å². The van der Waals surface area contributed by atoms with Gasteiger partial charge in [0.15, 0.2) is 0 Å². The molecule has 69 heavy (non-hydrogen) atoms. The van der Waals surface area contributed by atoms with Crippen molar-refractivity contribution >= 4 is 97.0 Å². The van der Waals surface area contributed by atoms with Gasteiger partial charge >= 0.3 is 0 Å². The Hall–Kier alpha value is -7.35. The van der Waals surface area contributed by atoms with Gasteiger partial charge in [-0.05, 0) is 196 Å². The molecule has 0 radical (unpaired) electrons. The van der Waals surface area contributed by atoms with Gasteiger partial charge in [-0.15, -0.1) is 34.0 Å². The van der Waals surface area contributed by atoms with Gasteiger partial charge in [-0.2, -0.15) is 0 Å². The van der Waals surface area contributed by atoms with Gasteiger partial charge in [-0.3, -0.25) is 0 Å². The van der Waals surface area contributed by atoms with Crippen molar-refractivity contribution in [2.75, 3.05) is 0 Å². The lowest BCUT2D eigenvalue weighted by atomic mass is 9.85. The molecular formula is C63H45N3S3. The number of aryl methyl sites for hydroxylation is 6. The van der Waals surface area contributed by atoms with Crippen molar-refractivity contribution < 1.29 is 0 Å². The Labute approximate surface area is 413 Å². The van der Waals surface area contributed by atoms with Gasteiger partial charge in [-0.25, -0.2) is 15.0 Å². The second kappa shape index (κ2) is 16.1. The highest BCUT2D eigenvalue weighted by Crippen LogP contribution is 2.45. The fraction of sp³-hybridized carbons (Fsp3) is 0.0952. The van der Waals surface area contributed by atoms with Crippen LogP contribution in [0.2, 0.25) is 0 Å². The summed E-state index contributed by atoms with van der Waals surface area (Å²) in [6.07, 6.45) is 0. The molecule has 0 bridgehead atoms. The molecular weight excluding hydrogens is 895 g/mol. The van der Waals surface area contributed by atoms with Crippen LogP contribution in [-0.2, 0) is 0 Å². The minimum atomic E-state index is 1.09. The van der Waals surface area contributed by atoms with Gasteiger partial charge in [0, 0.05) is 16.2 Å². The molecule has 3 heterocycles. The average Bonchev–Trinajstić information content (AvgIpc) is 4.07. The normalized spacial score (nSPS) is 11.9. The number of aromatic nitrogens is 3. The van der Waals surface area contributed by atoms with E-state index in [9.17, 15) is 0 Å². The molecule has 10 aromatic carbocycles. The summed E-state index contributed by atoms with van der Waals surface area (Å²) in [6.45, 7) is 13.0. The molecule has 0 N–H and O–H groups in total. The van der Waals surface area contributed by atoms with Crippen LogP contribution in [0.15, 0.2) is 164 Å². The maximum absolute atomic E-state index is 4.96. The Kier molecular flexibility index (Phi) is 9.78. The number of benzene rings is 10. The third-order valence-electron chi connectivity index (χ3n) is 14.0. The molecule has 6 heteroatoms. The van der Waals surface area contributed by atoms with Gasteiger partial charge in [0.1, 0.15) is 0 Å². The highest BCUT2D eigenvalue weighted by molar-refractivity contribution is 7.19. The zero-order valence-electron chi connectivity index (χ0n) is 39.2. The van der Waals surface area contributed by atoms with Crippen LogP contribution in [0, 0.1) is 41.5 Å². The summed E-state index contributed by atoms with van der Waals surface area (Å²) < 4.78 is 3.73. The molecule has 3 aromatic heterocycles. The minimum Gasteiger partial charge on any atom is -0.241 e. The predicted octanol–water partition coefficient (Wildman–Crippen LogP) is 18.8. The Morgan fingerprint density at radius 3 is 0.797 bits per heavy atom. The van der Waals surface area contributed by atoms with Crippen molar-refractivity contribution in [3.05, 3.63) is 196 Å². The van der Waals surface area contributed by atoms with E-state index in [0.717, 1.165) is 48.3 Å². The molecule has 330 valence electrons. The highest BCUT2D eigenvalue weighted by atomic mass is 32.1. The summed E-state index contributed by atoms with van der Waals surface area (Å²) in [4.78, 5) is 14.9. The van der Waals surface area contributed by atoms with Crippen LogP contribution in [0.1, 0.15) is 31.7 Å². The first-order valence-corrected chi connectivity index (χ1v) is 25.9. The summed E-state index contributed by atoms with van der Waals surface area (Å²) in [5.74, 6) is 0. The van der Waals surface area contributed by atoms with Crippen molar-refractivity contribution in [2.24, 2.45) is 0 Å². The summed E-state index contributed by atoms with van der Waals surface area (Å²) in [7, 11) is 0. The summed E-state index contributed by atoms with van der Waals surface area (Å²) >= 11 is 5.30. The molecule has 0 spiro atoms. The smallest absolute Gasteiger partial charge is 0.0908 e. The SMILES string of the molecule is Cc1nc2c(cc(C)c3cc(-c4ccccc4-c4cc(-c5ccccc5-c5ccc6c(c5)c(C)cc5sc(C)nc56)cc(-c5ccccc5-c5ccc6c(c5)c(C)cc5sc(C)nc56)c4)ccc32)s1. The van der Waals surface area contributed by atoms with Gasteiger partial charge in [0.2, 0.25) is 0 Å². The molecule has 0 saturated carbocycles. The maximum atomic E-state index is 4.96. The maximum Gasteiger partial charge on any atom is 0.0908 e. The number of hydrogen-bond acceptors (Lipinski definition) is 6. The van der Waals surface area contributed by atoms with Gasteiger partial charge in [0.05, 0.1) is 45.7 Å². The van der Waals surface area contributed by atoms with Crippen LogP contribution in [0.3, 0.4) is 0 Å². The summed E-state index contributed by atoms with van der Waals surface area (Å²) in [5, 5.41) is 10.6. The van der Waals surface area contributed by atoms with Crippen LogP contribution in [0.5, 0.6) is 0 Å². The van der Waals surface area contributed by atoms with Crippen LogP contribution < -0.4 is 0 Å². The van der Waals surface area contributed by atoms with Crippen LogP contribution in [0.25, 0.3) is 130 Å². The number of hydrogen-bond donors (Lipinski definition) is 0. The lowest BCUT2D eigenvalue weighted by Crippen LogP contribution is -1.93. The van der Waals surface area contributed by atoms with Gasteiger partial charge < -0.3 is 0 Å². The quantitative estimate of drug-likeness (QED) is 0.167. The second-order valence-corrected chi connectivity index (χ2v) is 22.2. The first kappa shape index (κ1) is 41.8. The molecule has 0 saturated heterocycles. The van der Waals surface area contributed by atoms with E-state index in [-0.39, 0.29) is 0 Å². The highest BCUT2D eigenvalue weighted by Gasteiger charge is 2.19. The molecule has 3 nitrogen and oxygen atoms in total. The Morgan fingerprint density at radius 1 is 0.261 bits per heavy atom. The third-order valence-corrected chi connectivity index (χ3v) is 16.8. The number of rotatable bonds is 6. The van der Waals surface area contributed by atoms with Crippen LogP contribution in [-0.4, -0.2) is 15.0 Å². The molecule has 0 atom stereocenters. The van der Waals surface area contributed by atoms with E-state index in [4.69, 9.17) is 15.0 Å². The lowest BCUT2D eigenvalue weighted by Gasteiger charge is -2.18. The lowest BCUT2D eigenvalue weighted by molar-refractivity contribution is 1.35. The van der Waals surface area contributed by atoms with Crippen molar-refractivity contribution in [3.8, 4) is 66.8 Å². The molecule has 13 rings (SSSR count). The zero-order valence-corrected chi connectivity index (χ0v) is 41.6. The first-order chi connectivity index (χ1) is 33.6. The van der Waals surface area contributed by atoms with Crippen molar-refractivity contribution in [1.82, 2.24) is 15.0 Å². The second-order valence-electron chi connectivity index (χ2n) is 18.5. The van der Waals surface area contributed by atoms with E-state index >= 15 is 0 Å². The molecule has 0 aliphatic rings. The zero-order chi connectivity index (χ0) is 46.7. The van der Waals surface area contributed by atoms with Crippen LogP contribution >= 0.6 is 34.0 Å². The summed E-state index contributed by atoms with van der Waals surface area (Å²) in [6, 6.07) is 61.7. The van der Waals surface area contributed by atoms with Crippen molar-refractivity contribution in [2.45, 2.75) is 41.5 Å². The van der Waals surface area contributed by atoms with E-state index in [1.165, 1.54) is 113 Å². The average molecular weight is 940 g/mol. The van der Waals surface area contributed by atoms with Crippen molar-refractivity contribution in [1.29, 1.82) is 0 Å². The number of nitrogens with zero attached hydrogens (tertiary/aromatic N) is 3. The Bertz CT molecular complexity index is 3830. The fourth-order valence-electron chi connectivity index (χ4n) is 10.8. The fourth-order valence-corrected chi connectivity index (χ4v) is 13.6. The van der Waals surface area contributed by atoms with Crippen LogP contribution in [0.4, 0.5) is 0 Å². The van der Waals surface area contributed by atoms with Gasteiger partial charge in [-0.1, -0.05) is 109 Å². The predicted molar refractivity (Wildman–Crippen MR) is 300 cm³/mol. The van der Waals surface area contributed by atoms with E-state index in [0.29, 0.717) is 0 Å².